The third-order valence-corrected chi connectivity index (χ3v) is 6.91. The van der Waals surface area contributed by atoms with Gasteiger partial charge in [-0.2, -0.15) is 0 Å². The summed E-state index contributed by atoms with van der Waals surface area (Å²) in [4.78, 5) is 0.239. The molecule has 3 aromatic rings. The van der Waals surface area contributed by atoms with Gasteiger partial charge in [-0.15, -0.1) is 10.2 Å². The standard InChI is InChI=1S/C18H17ClFN3O2S2/c1-2-23-17(12-27(24,25)13-7-4-3-5-8-13)21-22-18(23)26-11-14-15(19)9-6-10-16(14)20/h3-10H,2,11-12H2,1H3. The first-order valence-corrected chi connectivity index (χ1v) is 11.2. The Kier molecular flexibility index (Phi) is 6.18. The van der Waals surface area contributed by atoms with E-state index in [1.165, 1.54) is 17.8 Å². The molecule has 9 heteroatoms. The van der Waals surface area contributed by atoms with Crippen LogP contribution < -0.4 is 0 Å². The molecule has 142 valence electrons. The molecule has 1 aromatic heterocycles. The lowest BCUT2D eigenvalue weighted by Crippen LogP contribution is -2.11. The van der Waals surface area contributed by atoms with Crippen LogP contribution in [0.15, 0.2) is 58.6 Å². The topological polar surface area (TPSA) is 64.8 Å². The van der Waals surface area contributed by atoms with Crippen molar-refractivity contribution >= 4 is 33.2 Å². The minimum atomic E-state index is -3.53. The van der Waals surface area contributed by atoms with Crippen molar-refractivity contribution in [1.82, 2.24) is 14.8 Å². The molecule has 0 amide bonds. The van der Waals surface area contributed by atoms with Crippen molar-refractivity contribution in [2.75, 3.05) is 0 Å². The summed E-state index contributed by atoms with van der Waals surface area (Å²) >= 11 is 7.32. The van der Waals surface area contributed by atoms with E-state index >= 15 is 0 Å². The smallest absolute Gasteiger partial charge is 0.191 e. The van der Waals surface area contributed by atoms with Crippen molar-refractivity contribution in [3.63, 3.8) is 0 Å². The molecular formula is C18H17ClFN3O2S2. The van der Waals surface area contributed by atoms with Crippen molar-refractivity contribution < 1.29 is 12.8 Å². The van der Waals surface area contributed by atoms with E-state index < -0.39 is 9.84 Å². The molecule has 3 rings (SSSR count). The number of hydrogen-bond donors (Lipinski definition) is 0. The Labute approximate surface area is 166 Å². The van der Waals surface area contributed by atoms with E-state index in [0.29, 0.717) is 28.1 Å². The Morgan fingerprint density at radius 3 is 2.52 bits per heavy atom. The Morgan fingerprint density at radius 1 is 1.11 bits per heavy atom. The van der Waals surface area contributed by atoms with Gasteiger partial charge in [0.1, 0.15) is 17.4 Å². The number of benzene rings is 2. The van der Waals surface area contributed by atoms with Crippen LogP contribution in [0.25, 0.3) is 0 Å². The lowest BCUT2D eigenvalue weighted by molar-refractivity contribution is 0.588. The molecule has 27 heavy (non-hydrogen) atoms. The molecule has 0 fully saturated rings. The third-order valence-electron chi connectivity index (χ3n) is 3.94. The van der Waals surface area contributed by atoms with Gasteiger partial charge in [-0.25, -0.2) is 12.8 Å². The fraction of sp³-hybridized carbons (Fsp3) is 0.222. The van der Waals surface area contributed by atoms with Gasteiger partial charge in [0.25, 0.3) is 0 Å². The molecule has 0 bridgehead atoms. The van der Waals surface area contributed by atoms with E-state index in [2.05, 4.69) is 10.2 Å². The Balaban J connectivity index is 1.81. The van der Waals surface area contributed by atoms with Gasteiger partial charge in [0.15, 0.2) is 15.0 Å². The van der Waals surface area contributed by atoms with Crippen LogP contribution in [-0.4, -0.2) is 23.2 Å². The first-order chi connectivity index (χ1) is 12.9. The van der Waals surface area contributed by atoms with Crippen LogP contribution in [0.3, 0.4) is 0 Å². The van der Waals surface area contributed by atoms with E-state index in [9.17, 15) is 12.8 Å². The summed E-state index contributed by atoms with van der Waals surface area (Å²) in [5.41, 5.74) is 0.383. The van der Waals surface area contributed by atoms with E-state index in [4.69, 9.17) is 11.6 Å². The highest BCUT2D eigenvalue weighted by Crippen LogP contribution is 2.28. The van der Waals surface area contributed by atoms with Crippen LogP contribution in [0.4, 0.5) is 4.39 Å². The number of halogens is 2. The summed E-state index contributed by atoms with van der Waals surface area (Å²) in [6.45, 7) is 2.38. The number of rotatable bonds is 7. The zero-order valence-electron chi connectivity index (χ0n) is 14.5. The Bertz CT molecular complexity index is 1020. The zero-order valence-corrected chi connectivity index (χ0v) is 16.9. The molecule has 1 heterocycles. The van der Waals surface area contributed by atoms with E-state index in [0.717, 1.165) is 0 Å². The highest BCUT2D eigenvalue weighted by molar-refractivity contribution is 7.98. The van der Waals surface area contributed by atoms with Crippen molar-refractivity contribution in [1.29, 1.82) is 0 Å². The average molecular weight is 426 g/mol. The molecule has 0 aliphatic carbocycles. The van der Waals surface area contributed by atoms with Gasteiger partial charge in [0, 0.05) is 22.9 Å². The van der Waals surface area contributed by atoms with Crippen molar-refractivity contribution in [2.45, 2.75) is 35.0 Å². The average Bonchev–Trinajstić information content (AvgIpc) is 3.03. The number of thioether (sulfide) groups is 1. The number of nitrogens with zero attached hydrogens (tertiary/aromatic N) is 3. The van der Waals surface area contributed by atoms with Crippen LogP contribution in [0.1, 0.15) is 18.3 Å². The molecule has 0 unspecified atom stereocenters. The highest BCUT2D eigenvalue weighted by Gasteiger charge is 2.21. The van der Waals surface area contributed by atoms with Crippen LogP contribution >= 0.6 is 23.4 Å². The second-order valence-corrected chi connectivity index (χ2v) is 9.04. The van der Waals surface area contributed by atoms with Crippen LogP contribution in [0, 0.1) is 5.82 Å². The van der Waals surface area contributed by atoms with Crippen molar-refractivity contribution in [3.05, 3.63) is 70.8 Å². The lowest BCUT2D eigenvalue weighted by atomic mass is 10.2. The van der Waals surface area contributed by atoms with Crippen LogP contribution in [-0.2, 0) is 27.9 Å². The quantitative estimate of drug-likeness (QED) is 0.526. The Hall–Kier alpha value is -1.90. The molecule has 5 nitrogen and oxygen atoms in total. The molecule has 0 aliphatic rings. The predicted octanol–water partition coefficient (Wildman–Crippen LogP) is 4.36. The summed E-state index contributed by atoms with van der Waals surface area (Å²) in [6, 6.07) is 12.7. The van der Waals surface area contributed by atoms with Crippen molar-refractivity contribution in [2.24, 2.45) is 0 Å². The Morgan fingerprint density at radius 2 is 1.85 bits per heavy atom. The first kappa shape index (κ1) is 19.9. The van der Waals surface area contributed by atoms with Gasteiger partial charge in [0.2, 0.25) is 0 Å². The van der Waals surface area contributed by atoms with E-state index in [1.807, 2.05) is 6.92 Å². The summed E-state index contributed by atoms with van der Waals surface area (Å²) in [7, 11) is -3.53. The fourth-order valence-corrected chi connectivity index (χ4v) is 5.19. The van der Waals surface area contributed by atoms with Crippen molar-refractivity contribution in [3.8, 4) is 0 Å². The fourth-order valence-electron chi connectivity index (χ4n) is 2.54. The summed E-state index contributed by atoms with van der Waals surface area (Å²) in [6.07, 6.45) is 0. The largest absolute Gasteiger partial charge is 0.305 e. The van der Waals surface area contributed by atoms with Gasteiger partial charge in [-0.1, -0.05) is 47.6 Å². The summed E-state index contributed by atoms with van der Waals surface area (Å²) in [5.74, 6) is -0.0126. The molecule has 2 aromatic carbocycles. The van der Waals surface area contributed by atoms with Gasteiger partial charge in [-0.3, -0.25) is 0 Å². The summed E-state index contributed by atoms with van der Waals surface area (Å²) in [5, 5.41) is 8.99. The van der Waals surface area contributed by atoms with Gasteiger partial charge in [-0.05, 0) is 31.2 Å². The maximum absolute atomic E-state index is 13.9. The lowest BCUT2D eigenvalue weighted by Gasteiger charge is -2.09. The minimum Gasteiger partial charge on any atom is -0.305 e. The molecule has 0 radical (unpaired) electrons. The number of hydrogen-bond acceptors (Lipinski definition) is 5. The molecule has 0 spiro atoms. The molecular weight excluding hydrogens is 409 g/mol. The predicted molar refractivity (Wildman–Crippen MR) is 104 cm³/mol. The normalized spacial score (nSPS) is 11.7. The van der Waals surface area contributed by atoms with Crippen LogP contribution in [0.5, 0.6) is 0 Å². The van der Waals surface area contributed by atoms with E-state index in [-0.39, 0.29) is 22.2 Å². The molecule has 0 aliphatic heterocycles. The molecule has 0 saturated heterocycles. The van der Waals surface area contributed by atoms with Gasteiger partial charge in [0.05, 0.1) is 4.90 Å². The third kappa shape index (κ3) is 4.51. The number of aromatic nitrogens is 3. The molecule has 0 N–H and O–H groups in total. The first-order valence-electron chi connectivity index (χ1n) is 8.18. The monoisotopic (exact) mass is 425 g/mol. The number of sulfone groups is 1. The van der Waals surface area contributed by atoms with E-state index in [1.54, 1.807) is 47.0 Å². The molecule has 0 saturated carbocycles. The molecule has 0 atom stereocenters. The van der Waals surface area contributed by atoms with Gasteiger partial charge >= 0.3 is 0 Å². The van der Waals surface area contributed by atoms with Crippen LogP contribution in [0.2, 0.25) is 5.02 Å². The summed E-state index contributed by atoms with van der Waals surface area (Å²) < 4.78 is 40.8. The zero-order chi connectivity index (χ0) is 19.4. The second kappa shape index (κ2) is 8.41. The minimum absolute atomic E-state index is 0.239. The maximum atomic E-state index is 13.9. The highest BCUT2D eigenvalue weighted by atomic mass is 35.5. The van der Waals surface area contributed by atoms with Gasteiger partial charge < -0.3 is 4.57 Å². The second-order valence-electron chi connectivity index (χ2n) is 5.70. The maximum Gasteiger partial charge on any atom is 0.191 e. The SMILES string of the molecule is CCn1c(CS(=O)(=O)c2ccccc2)nnc1SCc1c(F)cccc1Cl.